The number of phenols is 1. The molecule has 134 heavy (non-hydrogen) atoms. The zero-order valence-electron chi connectivity index (χ0n) is 75.8. The minimum Gasteiger partial charge on any atom is -0.508 e. The maximum atomic E-state index is 15.7. The molecule has 0 radical (unpaired) electrons. The van der Waals surface area contributed by atoms with Crippen LogP contribution in [0.2, 0.25) is 0 Å². The Kier molecular flexibility index (Phi) is 40.3. The molecule has 724 valence electrons. The van der Waals surface area contributed by atoms with Gasteiger partial charge in [0.1, 0.15) is 78.3 Å². The molecule has 8 rings (SSSR count). The number of benzene rings is 5. The number of rotatable bonds is 24. The number of phenolic OH excluding ortho intramolecular Hbond substituents is 1. The van der Waals surface area contributed by atoms with Crippen LogP contribution in [0.1, 0.15) is 127 Å². The van der Waals surface area contributed by atoms with Gasteiger partial charge < -0.3 is 109 Å². The number of aliphatic hydroxyl groups is 2. The van der Waals surface area contributed by atoms with Crippen LogP contribution < -0.4 is 58.9 Å². The van der Waals surface area contributed by atoms with Crippen molar-refractivity contribution in [2.45, 2.75) is 216 Å². The van der Waals surface area contributed by atoms with Crippen molar-refractivity contribution < 1.29 is 116 Å². The van der Waals surface area contributed by atoms with Crippen LogP contribution in [-0.2, 0) is 114 Å². The van der Waals surface area contributed by atoms with E-state index in [9.17, 15) is 82.7 Å². The Bertz CT molecular complexity index is 5150. The minimum absolute atomic E-state index is 0.0344. The number of likely N-dealkylation sites (N-methyl/N-ethyl adjacent to an activating group) is 3. The molecule has 6 aromatic rings. The fourth-order valence-electron chi connectivity index (χ4n) is 15.7. The lowest BCUT2D eigenvalue weighted by atomic mass is 9.98. The highest BCUT2D eigenvalue weighted by Gasteiger charge is 2.47. The van der Waals surface area contributed by atoms with Gasteiger partial charge in [-0.1, -0.05) is 145 Å². The van der Waals surface area contributed by atoms with E-state index in [4.69, 9.17) is 5.73 Å². The summed E-state index contributed by atoms with van der Waals surface area (Å²) in [6.07, 6.45) is -6.56. The van der Waals surface area contributed by atoms with Crippen molar-refractivity contribution in [3.8, 4) is 5.75 Å². The number of fused-ring (bicyclic) bond motifs is 2. The Morgan fingerprint density at radius 3 is 1.72 bits per heavy atom. The van der Waals surface area contributed by atoms with Gasteiger partial charge in [0.05, 0.1) is 30.9 Å². The second-order valence-corrected chi connectivity index (χ2v) is 35.3. The maximum absolute atomic E-state index is 15.7. The van der Waals surface area contributed by atoms with E-state index in [1.54, 1.807) is 112 Å². The lowest BCUT2D eigenvalue weighted by Crippen LogP contribution is -2.61. The number of thioether (sulfide) groups is 1. The molecule has 38 nitrogen and oxygen atoms in total. The molecule has 2 saturated heterocycles. The number of carbonyl (C=O) groups is 17. The summed E-state index contributed by atoms with van der Waals surface area (Å²) >= 11 is 0.706. The molecule has 2 aliphatic rings. The first-order valence-corrected chi connectivity index (χ1v) is 45.3. The molecule has 3 heterocycles. The van der Waals surface area contributed by atoms with E-state index in [0.29, 0.717) is 51.3 Å². The van der Waals surface area contributed by atoms with E-state index >= 15 is 33.2 Å². The number of carbonyl (C=O) groups excluding carboxylic acids is 15. The number of primary amides is 1. The predicted molar refractivity (Wildman–Crippen MR) is 486 cm³/mol. The van der Waals surface area contributed by atoms with Gasteiger partial charge in [0.25, 0.3) is 0 Å². The average Bonchev–Trinajstić information content (AvgIpc) is 1.53. The number of amides is 15. The quantitative estimate of drug-likeness (QED) is 0.0399. The number of aliphatic carboxylic acids is 2. The van der Waals surface area contributed by atoms with Crippen LogP contribution in [0.3, 0.4) is 0 Å². The van der Waals surface area contributed by atoms with Crippen LogP contribution in [0, 0.1) is 23.5 Å². The lowest BCUT2D eigenvalue weighted by Gasteiger charge is -2.38. The number of nitrogens with one attached hydrogen (secondary N) is 11. The van der Waals surface area contributed by atoms with Gasteiger partial charge in [-0.3, -0.25) is 81.5 Å². The van der Waals surface area contributed by atoms with Crippen molar-refractivity contribution in [1.29, 1.82) is 0 Å². The average molecular weight is 1880 g/mol. The summed E-state index contributed by atoms with van der Waals surface area (Å²) in [5.41, 5.74) is 7.83. The molecule has 2 fully saturated rings. The van der Waals surface area contributed by atoms with Gasteiger partial charge >= 0.3 is 11.9 Å². The number of nitrogens with two attached hydrogens (primary N) is 1. The molecule has 2 aliphatic heterocycles. The first-order chi connectivity index (χ1) is 63.6. The Labute approximate surface area is 777 Å². The number of carboxylic acids is 2. The number of aromatic hydroxyl groups is 1. The number of hydrogen-bond donors (Lipinski definition) is 17. The number of unbranched alkanes of at least 4 members (excludes halogenated alkanes) is 1. The standard InChI is InChI=1S/C93H120F2N16O22S/c1-9-10-25-72-92(132)111-48-60(114)43-74(111)89(129)105-69(44-80(120)121)87(127)107-81(52(4)5)93(133)109(7)73(40-53-19-13-11-14-20-53)88(128)102-65(33-35-79(118)119)82(122)98-46-59(113)31-34-77(116)100-68(42-57-45-97-64-24-18-17-23-61(57)64)86(126)104-67(38-55-26-29-58(112)30-27-55)85(125)103-66(36-51(2)3)84(124)106-71(83(123)99-47-76(96)115)49-134-50-78(117)101-70(39-56-28-32-62(94)63(95)37-56)90(130)110(8)75(91(131)108(72)6)41-54-21-15-12-16-22-54/h11-24,26-30,32,37,45,51-52,59-60,65-75,81,97,112-114H,9-10,25,31,33-36,38-44,46-50H2,1-8H3,(H2,96,115)(H,98,122)(H,99,123)(H,100,116)(H,101,117)(H,102,128)(H,103,125)(H,104,126)(H,105,129)(H,106,124)(H,107,127)(H,118,119)(H,120,121)/t59-,60-,65-,66-,67-,68-,69-,70-,71-,72-,73-,74+,75-,81-/m0/s1. The van der Waals surface area contributed by atoms with Crippen molar-refractivity contribution in [3.05, 3.63) is 173 Å². The molecule has 18 N–H and O–H groups in total. The molecule has 5 aromatic carbocycles. The molecular formula is C93H120F2N16O22S. The zero-order valence-corrected chi connectivity index (χ0v) is 76.6. The third kappa shape index (κ3) is 31.6. The molecule has 0 spiro atoms. The number of halogens is 2. The fraction of sp³-hybridized carbons (Fsp3) is 0.473. The van der Waals surface area contributed by atoms with Gasteiger partial charge in [0.2, 0.25) is 88.6 Å². The molecule has 0 aliphatic carbocycles. The van der Waals surface area contributed by atoms with Crippen molar-refractivity contribution in [2.24, 2.45) is 17.6 Å². The number of nitrogens with zero attached hydrogens (tertiary/aromatic N) is 4. The number of para-hydroxylation sites is 1. The Morgan fingerprint density at radius 1 is 0.537 bits per heavy atom. The van der Waals surface area contributed by atoms with Gasteiger partial charge in [-0.2, -0.15) is 0 Å². The van der Waals surface area contributed by atoms with E-state index in [2.05, 4.69) is 58.2 Å². The second kappa shape index (κ2) is 51.0. The minimum atomic E-state index is -2.04. The number of carboxylic acid groups (broad SMARTS) is 2. The smallest absolute Gasteiger partial charge is 0.305 e. The SMILES string of the molecule is CCCC[C@H]1C(=O)N2C[C@@H](O)C[C@@H]2C(=O)N[C@@H](CC(=O)O)C(=O)N[C@@H](C(C)C)C(=O)N(C)[C@@H](Cc2ccccc2)C(=O)N[C@@H](CCC(=O)O)C(=O)NC[C@@H](O)CCC(=O)N[C@@H](Cc2c[nH]c3ccccc23)C(=O)N[C@@H](Cc2ccc(O)cc2)C(=O)N[C@@H](CC(C)C)C(=O)N[C@H](C(=O)NCC(N)=O)CSCC(=O)N[C@@H](Cc2ccc(F)c(F)c2)C(=O)N(C)[C@@H](Cc2ccccc2)C(=O)N1C. The molecule has 14 atom stereocenters. The maximum Gasteiger partial charge on any atom is 0.305 e. The third-order valence-electron chi connectivity index (χ3n) is 23.0. The summed E-state index contributed by atoms with van der Waals surface area (Å²) in [4.78, 5) is 253. The number of H-pyrrole nitrogens is 1. The highest BCUT2D eigenvalue weighted by atomic mass is 32.2. The van der Waals surface area contributed by atoms with E-state index in [1.807, 2.05) is 0 Å². The van der Waals surface area contributed by atoms with Crippen LogP contribution in [0.15, 0.2) is 134 Å². The zero-order chi connectivity index (χ0) is 98.3. The van der Waals surface area contributed by atoms with Crippen LogP contribution >= 0.6 is 11.8 Å². The number of aliphatic hydroxyl groups excluding tert-OH is 2. The summed E-state index contributed by atoms with van der Waals surface area (Å²) in [5.74, 6) is -23.3. The lowest BCUT2D eigenvalue weighted by molar-refractivity contribution is -0.152. The molecular weight excluding hydrogens is 1760 g/mol. The molecule has 1 aromatic heterocycles. The second-order valence-electron chi connectivity index (χ2n) is 34.3. The Balaban J connectivity index is 1.19. The first-order valence-electron chi connectivity index (χ1n) is 44.2. The first kappa shape index (κ1) is 106. The molecule has 0 bridgehead atoms. The predicted octanol–water partition coefficient (Wildman–Crippen LogP) is 0.824. The number of aromatic nitrogens is 1. The largest absolute Gasteiger partial charge is 0.508 e. The van der Waals surface area contributed by atoms with E-state index in [-0.39, 0.29) is 56.3 Å². The summed E-state index contributed by atoms with van der Waals surface area (Å²) in [6.45, 7) is 6.26. The van der Waals surface area contributed by atoms with Crippen LogP contribution in [0.25, 0.3) is 10.9 Å². The summed E-state index contributed by atoms with van der Waals surface area (Å²) < 4.78 is 29.8. The van der Waals surface area contributed by atoms with E-state index in [1.165, 1.54) is 59.3 Å². The molecule has 41 heteroatoms. The summed E-state index contributed by atoms with van der Waals surface area (Å²) in [6, 6.07) is 11.8. The van der Waals surface area contributed by atoms with Gasteiger partial charge in [-0.05, 0) is 95.7 Å². The monoisotopic (exact) mass is 1880 g/mol. The number of hydrogen-bond acceptors (Lipinski definition) is 21. The van der Waals surface area contributed by atoms with Gasteiger partial charge in [-0.25, -0.2) is 8.78 Å². The van der Waals surface area contributed by atoms with Crippen LogP contribution in [0.5, 0.6) is 5.75 Å². The van der Waals surface area contributed by atoms with Gasteiger partial charge in [0.15, 0.2) is 11.6 Å². The third-order valence-corrected chi connectivity index (χ3v) is 24.1. The Morgan fingerprint density at radius 2 is 1.10 bits per heavy atom. The summed E-state index contributed by atoms with van der Waals surface area (Å²) in [5, 5.41) is 79.6. The van der Waals surface area contributed by atoms with Crippen molar-refractivity contribution >= 4 is 123 Å². The Hall–Kier alpha value is -13.4. The normalized spacial score (nSPS) is 23.8. The highest BCUT2D eigenvalue weighted by molar-refractivity contribution is 8.00. The van der Waals surface area contributed by atoms with Crippen molar-refractivity contribution in [1.82, 2.24) is 77.8 Å². The summed E-state index contributed by atoms with van der Waals surface area (Å²) in [7, 11) is 3.68. The number of aromatic amines is 1. The van der Waals surface area contributed by atoms with E-state index in [0.717, 1.165) is 37.8 Å². The van der Waals surface area contributed by atoms with Crippen LogP contribution in [0.4, 0.5) is 8.78 Å². The van der Waals surface area contributed by atoms with Crippen LogP contribution in [-0.4, -0.2) is 288 Å². The highest BCUT2D eigenvalue weighted by Crippen LogP contribution is 2.28. The van der Waals surface area contributed by atoms with Crippen molar-refractivity contribution in [3.63, 3.8) is 0 Å². The van der Waals surface area contributed by atoms with E-state index < -0.39 is 285 Å². The topological polar surface area (TPSA) is 566 Å². The molecule has 0 saturated carbocycles. The fourth-order valence-corrected chi connectivity index (χ4v) is 16.5. The molecule has 0 unspecified atom stereocenters. The van der Waals surface area contributed by atoms with Crippen molar-refractivity contribution in [2.75, 3.05) is 52.3 Å². The molecule has 15 amide bonds. The number of β-amino-alcohol motifs (C(OH)–C–C–N with tert-alkyl or cyclic N) is 1. The van der Waals surface area contributed by atoms with Gasteiger partial charge in [0, 0.05) is 108 Å². The van der Waals surface area contributed by atoms with Gasteiger partial charge in [-0.15, -0.1) is 11.8 Å².